The van der Waals surface area contributed by atoms with Gasteiger partial charge in [0.1, 0.15) is 18.0 Å². The molecule has 2 amide bonds. The summed E-state index contributed by atoms with van der Waals surface area (Å²) < 4.78 is 16.2. The molecule has 0 bridgehead atoms. The fraction of sp³-hybridized carbons (Fsp3) is 0.417. The summed E-state index contributed by atoms with van der Waals surface area (Å²) in [5.74, 6) is 0.597. The molecule has 1 saturated heterocycles. The molecule has 2 aromatic rings. The van der Waals surface area contributed by atoms with Crippen molar-refractivity contribution in [2.24, 2.45) is 0 Å². The van der Waals surface area contributed by atoms with Gasteiger partial charge in [-0.3, -0.25) is 4.79 Å². The van der Waals surface area contributed by atoms with Crippen molar-refractivity contribution in [2.75, 3.05) is 39.5 Å². The van der Waals surface area contributed by atoms with E-state index in [-0.39, 0.29) is 12.5 Å². The predicted molar refractivity (Wildman–Crippen MR) is 123 cm³/mol. The van der Waals surface area contributed by atoms with Gasteiger partial charge in [-0.2, -0.15) is 0 Å². The number of alkyl carbamates (subject to hydrolysis) is 1. The van der Waals surface area contributed by atoms with Gasteiger partial charge in [-0.1, -0.05) is 23.7 Å². The topological polar surface area (TPSA) is 77.1 Å². The van der Waals surface area contributed by atoms with Crippen LogP contribution in [0.15, 0.2) is 42.5 Å². The number of nitrogens with one attached hydrogen (secondary N) is 1. The molecule has 2 aromatic carbocycles. The molecule has 8 heteroatoms. The van der Waals surface area contributed by atoms with E-state index >= 15 is 0 Å². The Balaban J connectivity index is 1.59. The molecule has 0 atom stereocenters. The fourth-order valence-electron chi connectivity index (χ4n) is 3.20. The summed E-state index contributed by atoms with van der Waals surface area (Å²) in [6.07, 6.45) is -0.486. The number of nitrogens with zero attached hydrogens (tertiary/aromatic N) is 1. The Morgan fingerprint density at radius 2 is 1.75 bits per heavy atom. The summed E-state index contributed by atoms with van der Waals surface area (Å²) >= 11 is 6.28. The van der Waals surface area contributed by atoms with Crippen LogP contribution < -0.4 is 10.1 Å². The average molecular weight is 461 g/mol. The first-order valence-corrected chi connectivity index (χ1v) is 11.0. The number of halogens is 1. The molecule has 0 saturated carbocycles. The maximum absolute atomic E-state index is 12.6. The second-order valence-corrected chi connectivity index (χ2v) is 8.87. The van der Waals surface area contributed by atoms with Crippen molar-refractivity contribution in [3.05, 3.63) is 53.1 Å². The lowest BCUT2D eigenvalue weighted by Gasteiger charge is -2.26. The number of amides is 2. The van der Waals surface area contributed by atoms with E-state index in [9.17, 15) is 9.59 Å². The van der Waals surface area contributed by atoms with Crippen LogP contribution in [0.2, 0.25) is 5.02 Å². The molecule has 1 N–H and O–H groups in total. The molecular weight excluding hydrogens is 432 g/mol. The van der Waals surface area contributed by atoms with Gasteiger partial charge >= 0.3 is 6.09 Å². The second-order valence-electron chi connectivity index (χ2n) is 8.43. The van der Waals surface area contributed by atoms with Gasteiger partial charge in [-0.25, -0.2) is 4.79 Å². The molecule has 0 aliphatic carbocycles. The van der Waals surface area contributed by atoms with E-state index in [4.69, 9.17) is 25.8 Å². The number of carbonyl (C=O) groups is 2. The smallest absolute Gasteiger partial charge is 0.407 e. The molecular formula is C24H29ClN2O5. The molecule has 1 aliphatic heterocycles. The first-order valence-electron chi connectivity index (χ1n) is 10.6. The zero-order chi connectivity index (χ0) is 23.1. The summed E-state index contributed by atoms with van der Waals surface area (Å²) in [6, 6.07) is 12.9. The van der Waals surface area contributed by atoms with E-state index in [0.29, 0.717) is 49.2 Å². The third-order valence-corrected chi connectivity index (χ3v) is 4.89. The number of carbonyl (C=O) groups excluding carboxylic acids is 2. The van der Waals surface area contributed by atoms with Crippen molar-refractivity contribution in [1.82, 2.24) is 10.2 Å². The summed E-state index contributed by atoms with van der Waals surface area (Å²) in [6.45, 7) is 8.35. The Kier molecular flexibility index (Phi) is 7.99. The number of hydrogen-bond donors (Lipinski definition) is 1. The van der Waals surface area contributed by atoms with Crippen molar-refractivity contribution in [3.63, 3.8) is 0 Å². The Morgan fingerprint density at radius 3 is 2.41 bits per heavy atom. The van der Waals surface area contributed by atoms with Gasteiger partial charge < -0.3 is 24.4 Å². The summed E-state index contributed by atoms with van der Waals surface area (Å²) in [5, 5.41) is 3.18. The molecule has 3 rings (SSSR count). The van der Waals surface area contributed by atoms with Crippen LogP contribution >= 0.6 is 11.6 Å². The lowest BCUT2D eigenvalue weighted by molar-refractivity contribution is 0.0303. The Morgan fingerprint density at radius 1 is 1.06 bits per heavy atom. The second kappa shape index (κ2) is 10.7. The van der Waals surface area contributed by atoms with Crippen LogP contribution in [0.4, 0.5) is 4.79 Å². The Hall–Kier alpha value is -2.77. The lowest BCUT2D eigenvalue weighted by Crippen LogP contribution is -2.40. The maximum Gasteiger partial charge on any atom is 0.407 e. The minimum atomic E-state index is -0.546. The van der Waals surface area contributed by atoms with E-state index in [1.165, 1.54) is 0 Å². The zero-order valence-electron chi connectivity index (χ0n) is 18.7. The van der Waals surface area contributed by atoms with E-state index in [2.05, 4.69) is 5.32 Å². The summed E-state index contributed by atoms with van der Waals surface area (Å²) in [4.78, 5) is 26.1. The van der Waals surface area contributed by atoms with Gasteiger partial charge in [0.05, 0.1) is 19.8 Å². The highest BCUT2D eigenvalue weighted by Crippen LogP contribution is 2.29. The van der Waals surface area contributed by atoms with Crippen LogP contribution in [0, 0.1) is 0 Å². The number of morpholine rings is 1. The first-order chi connectivity index (χ1) is 15.2. The molecule has 0 radical (unpaired) electrons. The Labute approximate surface area is 193 Å². The molecule has 32 heavy (non-hydrogen) atoms. The van der Waals surface area contributed by atoms with Crippen molar-refractivity contribution < 1.29 is 23.8 Å². The molecule has 0 unspecified atom stereocenters. The zero-order valence-corrected chi connectivity index (χ0v) is 19.4. The number of hydrogen-bond acceptors (Lipinski definition) is 5. The highest BCUT2D eigenvalue weighted by molar-refractivity contribution is 6.31. The van der Waals surface area contributed by atoms with E-state index in [0.717, 1.165) is 11.1 Å². The third-order valence-electron chi connectivity index (χ3n) is 4.67. The van der Waals surface area contributed by atoms with Crippen molar-refractivity contribution in [1.29, 1.82) is 0 Å². The van der Waals surface area contributed by atoms with Crippen LogP contribution in [-0.4, -0.2) is 62.0 Å². The monoisotopic (exact) mass is 460 g/mol. The maximum atomic E-state index is 12.6. The van der Waals surface area contributed by atoms with Gasteiger partial charge in [-0.15, -0.1) is 0 Å². The molecule has 1 aliphatic rings. The van der Waals surface area contributed by atoms with Crippen LogP contribution in [0.3, 0.4) is 0 Å². The van der Waals surface area contributed by atoms with Crippen molar-refractivity contribution in [3.8, 4) is 16.9 Å². The lowest BCUT2D eigenvalue weighted by atomic mass is 10.0. The predicted octanol–water partition coefficient (Wildman–Crippen LogP) is 4.38. The van der Waals surface area contributed by atoms with Crippen LogP contribution in [0.1, 0.15) is 31.1 Å². The summed E-state index contributed by atoms with van der Waals surface area (Å²) in [5.41, 5.74) is 1.89. The quantitative estimate of drug-likeness (QED) is 0.647. The highest BCUT2D eigenvalue weighted by atomic mass is 35.5. The number of rotatable bonds is 6. The van der Waals surface area contributed by atoms with Crippen LogP contribution in [-0.2, 0) is 9.47 Å². The molecule has 0 aromatic heterocycles. The van der Waals surface area contributed by atoms with E-state index in [1.807, 2.05) is 57.2 Å². The third kappa shape index (κ3) is 7.14. The summed E-state index contributed by atoms with van der Waals surface area (Å²) in [7, 11) is 0. The first kappa shape index (κ1) is 23.9. The van der Waals surface area contributed by atoms with Crippen molar-refractivity contribution >= 4 is 23.6 Å². The number of benzene rings is 2. The standard InChI is InChI=1S/C24H29ClN2O5/c1-24(2,3)32-23(29)26-8-11-31-21-15-19(14-20(25)16-21)17-4-6-18(7-5-17)22(28)27-9-12-30-13-10-27/h4-7,14-16H,8-13H2,1-3H3,(H,26,29). The van der Waals surface area contributed by atoms with Crippen molar-refractivity contribution in [2.45, 2.75) is 26.4 Å². The normalized spacial score (nSPS) is 14.1. The molecule has 172 valence electrons. The van der Waals surface area contributed by atoms with Gasteiger partial charge in [0, 0.05) is 23.7 Å². The minimum absolute atomic E-state index is 0.00690. The SMILES string of the molecule is CC(C)(C)OC(=O)NCCOc1cc(Cl)cc(-c2ccc(C(=O)N3CCOCC3)cc2)c1. The van der Waals surface area contributed by atoms with E-state index in [1.54, 1.807) is 11.0 Å². The molecule has 0 spiro atoms. The number of ether oxygens (including phenoxy) is 3. The van der Waals surface area contributed by atoms with Crippen LogP contribution in [0.5, 0.6) is 5.75 Å². The largest absolute Gasteiger partial charge is 0.492 e. The molecule has 7 nitrogen and oxygen atoms in total. The molecule has 1 heterocycles. The average Bonchev–Trinajstić information content (AvgIpc) is 2.75. The van der Waals surface area contributed by atoms with Gasteiger partial charge in [0.15, 0.2) is 0 Å². The Bertz CT molecular complexity index is 934. The van der Waals surface area contributed by atoms with Gasteiger partial charge in [0.2, 0.25) is 0 Å². The minimum Gasteiger partial charge on any atom is -0.492 e. The van der Waals surface area contributed by atoms with Gasteiger partial charge in [-0.05, 0) is 62.2 Å². The highest BCUT2D eigenvalue weighted by Gasteiger charge is 2.18. The van der Waals surface area contributed by atoms with Crippen LogP contribution in [0.25, 0.3) is 11.1 Å². The molecule has 1 fully saturated rings. The fourth-order valence-corrected chi connectivity index (χ4v) is 3.43. The van der Waals surface area contributed by atoms with E-state index < -0.39 is 11.7 Å². The van der Waals surface area contributed by atoms with Gasteiger partial charge in [0.25, 0.3) is 5.91 Å².